The highest BCUT2D eigenvalue weighted by atomic mass is 35.5. The number of phosphoric acid groups is 1. The van der Waals surface area contributed by atoms with E-state index in [0.29, 0.717) is 0 Å². The SMILES string of the molecule is CCC(CC)COC(=O)[C@H](C)NP(=O)(OCCNC(=O)CCl)OP(=O)(O)OC[C@H]1O[C@@H](n2cnc3c(=O)[nH]c(N)nc32)[C@H](O)[C@@H]1O. The van der Waals surface area contributed by atoms with Gasteiger partial charge in [0.25, 0.3) is 5.56 Å². The Bertz CT molecular complexity index is 1510. The van der Waals surface area contributed by atoms with Crippen LogP contribution in [0.4, 0.5) is 5.95 Å². The molecule has 20 nitrogen and oxygen atoms in total. The minimum absolute atomic E-state index is 0.0748. The highest BCUT2D eigenvalue weighted by Gasteiger charge is 2.46. The lowest BCUT2D eigenvalue weighted by atomic mass is 10.1. The number of nitrogens with zero attached hydrogens (tertiary/aromatic N) is 3. The van der Waals surface area contributed by atoms with Gasteiger partial charge in [-0.25, -0.2) is 19.2 Å². The molecule has 23 heteroatoms. The number of hydrogen-bond acceptors (Lipinski definition) is 15. The van der Waals surface area contributed by atoms with Crippen LogP contribution in [0.25, 0.3) is 11.2 Å². The third-order valence-corrected chi connectivity index (χ3v) is 10.4. The van der Waals surface area contributed by atoms with E-state index < -0.39 is 76.8 Å². The molecule has 2 aromatic rings. The van der Waals surface area contributed by atoms with Crippen LogP contribution < -0.4 is 21.7 Å². The highest BCUT2D eigenvalue weighted by Crippen LogP contribution is 2.61. The molecule has 1 fully saturated rings. The zero-order chi connectivity index (χ0) is 34.2. The Morgan fingerprint density at radius 1 is 1.24 bits per heavy atom. The Morgan fingerprint density at radius 2 is 1.93 bits per heavy atom. The molecule has 0 aromatic carbocycles. The predicted octanol–water partition coefficient (Wildman–Crippen LogP) is -0.108. The molecule has 0 bridgehead atoms. The van der Waals surface area contributed by atoms with Gasteiger partial charge in [0.05, 0.1) is 26.1 Å². The highest BCUT2D eigenvalue weighted by molar-refractivity contribution is 7.63. The Morgan fingerprint density at radius 3 is 2.59 bits per heavy atom. The number of aromatic amines is 1. The molecular weight excluding hydrogens is 680 g/mol. The number of nitrogens with two attached hydrogens (primary N) is 1. The third kappa shape index (κ3) is 10.0. The predicted molar refractivity (Wildman–Crippen MR) is 160 cm³/mol. The lowest BCUT2D eigenvalue weighted by Gasteiger charge is -2.25. The van der Waals surface area contributed by atoms with Crippen molar-refractivity contribution in [2.75, 3.05) is 38.0 Å². The van der Waals surface area contributed by atoms with E-state index in [1.807, 2.05) is 13.8 Å². The van der Waals surface area contributed by atoms with Crippen LogP contribution in [0.5, 0.6) is 0 Å². The number of alkyl halides is 1. The monoisotopic (exact) mass is 717 g/mol. The molecule has 3 rings (SSSR count). The van der Waals surface area contributed by atoms with Crippen LogP contribution in [0, 0.1) is 5.92 Å². The minimum Gasteiger partial charge on any atom is -0.464 e. The topological polar surface area (TPSA) is 289 Å². The number of ether oxygens (including phenoxy) is 2. The van der Waals surface area contributed by atoms with E-state index in [9.17, 15) is 38.6 Å². The van der Waals surface area contributed by atoms with Crippen LogP contribution in [0.1, 0.15) is 39.8 Å². The summed E-state index contributed by atoms with van der Waals surface area (Å²) in [7, 11) is -10.2. The summed E-state index contributed by atoms with van der Waals surface area (Å²) in [5.74, 6) is -1.95. The van der Waals surface area contributed by atoms with Gasteiger partial charge in [0.15, 0.2) is 17.4 Å². The van der Waals surface area contributed by atoms with Gasteiger partial charge in [-0.05, 0) is 12.8 Å². The number of aliphatic hydroxyl groups excluding tert-OH is 2. The largest absolute Gasteiger partial charge is 0.480 e. The maximum absolute atomic E-state index is 13.5. The summed E-state index contributed by atoms with van der Waals surface area (Å²) in [6, 6.07) is -1.35. The second kappa shape index (κ2) is 16.6. The zero-order valence-corrected chi connectivity index (χ0v) is 27.7. The molecule has 7 atom stereocenters. The summed E-state index contributed by atoms with van der Waals surface area (Å²) < 4.78 is 53.3. The summed E-state index contributed by atoms with van der Waals surface area (Å²) in [5.41, 5.74) is 4.72. The van der Waals surface area contributed by atoms with E-state index in [2.05, 4.69) is 25.4 Å². The maximum Gasteiger partial charge on any atom is 0.480 e. The van der Waals surface area contributed by atoms with Gasteiger partial charge in [0, 0.05) is 6.54 Å². The summed E-state index contributed by atoms with van der Waals surface area (Å²) >= 11 is 5.42. The Balaban J connectivity index is 1.69. The van der Waals surface area contributed by atoms with Crippen LogP contribution in [0.15, 0.2) is 11.1 Å². The summed E-state index contributed by atoms with van der Waals surface area (Å²) in [4.78, 5) is 56.6. The quantitative estimate of drug-likeness (QED) is 0.0458. The molecule has 2 aromatic heterocycles. The molecule has 1 aliphatic heterocycles. The lowest BCUT2D eigenvalue weighted by molar-refractivity contribution is -0.146. The second-order valence-electron chi connectivity index (χ2n) is 10.1. The lowest BCUT2D eigenvalue weighted by Crippen LogP contribution is -2.36. The maximum atomic E-state index is 13.5. The number of aliphatic hydroxyl groups is 2. The number of amides is 1. The van der Waals surface area contributed by atoms with Crippen LogP contribution >= 0.6 is 27.2 Å². The molecule has 260 valence electrons. The number of fused-ring (bicyclic) bond motifs is 1. The van der Waals surface area contributed by atoms with Gasteiger partial charge < -0.3 is 35.6 Å². The first-order valence-corrected chi connectivity index (χ1v) is 17.6. The molecule has 3 heterocycles. The van der Waals surface area contributed by atoms with E-state index in [4.69, 9.17) is 40.2 Å². The number of nitrogens with one attached hydrogen (secondary N) is 3. The van der Waals surface area contributed by atoms with Crippen LogP contribution in [-0.4, -0.2) is 103 Å². The molecule has 1 amide bonds. The van der Waals surface area contributed by atoms with E-state index in [0.717, 1.165) is 23.7 Å². The third-order valence-electron chi connectivity index (χ3n) is 6.80. The fraction of sp³-hybridized carbons (Fsp3) is 0.696. The second-order valence-corrected chi connectivity index (χ2v) is 13.8. The number of hydrogen-bond donors (Lipinski definition) is 7. The average Bonchev–Trinajstić information content (AvgIpc) is 3.54. The van der Waals surface area contributed by atoms with Gasteiger partial charge in [-0.2, -0.15) is 9.29 Å². The van der Waals surface area contributed by atoms with Crippen molar-refractivity contribution < 1.29 is 56.7 Å². The number of anilines is 1. The smallest absolute Gasteiger partial charge is 0.464 e. The standard InChI is InChI=1S/C23H38ClN7O13P2/c1-4-13(5-2)9-40-22(36)12(3)30-45(37,41-7-6-26-15(32)8-24)44-46(38,39)42-10-14-17(33)18(34)21(43-14)31-11-27-16-19(31)28-23(25)29-20(16)35/h11-14,17-18,21,33-34H,4-10H2,1-3H3,(H,26,32)(H,30,37)(H,38,39)(H3,25,28,29,35)/t12-,14+,17+,18+,21+,45?/m0/s1. The van der Waals surface area contributed by atoms with Crippen molar-refractivity contribution in [2.24, 2.45) is 5.92 Å². The number of phosphoric ester groups is 1. The number of esters is 1. The number of carbonyl (C=O) groups is 2. The fourth-order valence-corrected chi connectivity index (χ4v) is 7.25. The van der Waals surface area contributed by atoms with E-state index >= 15 is 0 Å². The molecular formula is C23H38ClN7O13P2. The Hall–Kier alpha value is -2.48. The number of aromatic nitrogens is 4. The van der Waals surface area contributed by atoms with Crippen molar-refractivity contribution in [2.45, 2.75) is 64.2 Å². The normalized spacial score (nSPS) is 23.2. The van der Waals surface area contributed by atoms with Gasteiger partial charge in [0.2, 0.25) is 11.9 Å². The van der Waals surface area contributed by atoms with Crippen molar-refractivity contribution >= 4 is 56.2 Å². The van der Waals surface area contributed by atoms with E-state index in [-0.39, 0.29) is 42.1 Å². The number of imidazole rings is 1. The number of halogens is 1. The number of carbonyl (C=O) groups excluding carboxylic acids is 2. The Labute approximate surface area is 267 Å². The fourth-order valence-electron chi connectivity index (χ4n) is 4.18. The summed E-state index contributed by atoms with van der Waals surface area (Å²) in [5, 5.41) is 25.7. The van der Waals surface area contributed by atoms with Crippen molar-refractivity contribution in [3.05, 3.63) is 16.7 Å². The number of rotatable bonds is 18. The van der Waals surface area contributed by atoms with Crippen molar-refractivity contribution in [1.29, 1.82) is 0 Å². The molecule has 46 heavy (non-hydrogen) atoms. The summed E-state index contributed by atoms with van der Waals surface area (Å²) in [6.45, 7) is 3.56. The van der Waals surface area contributed by atoms with Crippen LogP contribution in [0.3, 0.4) is 0 Å². The molecule has 0 spiro atoms. The molecule has 0 saturated carbocycles. The van der Waals surface area contributed by atoms with Crippen molar-refractivity contribution in [3.63, 3.8) is 0 Å². The molecule has 2 unspecified atom stereocenters. The van der Waals surface area contributed by atoms with Crippen LogP contribution in [0.2, 0.25) is 0 Å². The minimum atomic E-state index is -5.32. The Kier molecular flexibility index (Phi) is 13.7. The average molecular weight is 718 g/mol. The van der Waals surface area contributed by atoms with E-state index in [1.165, 1.54) is 6.92 Å². The van der Waals surface area contributed by atoms with E-state index in [1.54, 1.807) is 0 Å². The molecule has 0 aliphatic carbocycles. The van der Waals surface area contributed by atoms with Crippen molar-refractivity contribution in [1.82, 2.24) is 29.9 Å². The molecule has 8 N–H and O–H groups in total. The first-order chi connectivity index (χ1) is 21.6. The molecule has 1 aliphatic rings. The van der Waals surface area contributed by atoms with Crippen molar-refractivity contribution in [3.8, 4) is 0 Å². The van der Waals surface area contributed by atoms with Gasteiger partial charge in [-0.15, -0.1) is 11.6 Å². The molecule has 0 radical (unpaired) electrons. The number of H-pyrrole nitrogens is 1. The zero-order valence-electron chi connectivity index (χ0n) is 25.1. The van der Waals surface area contributed by atoms with Gasteiger partial charge >= 0.3 is 21.5 Å². The first kappa shape index (κ1) is 38.0. The van der Waals surface area contributed by atoms with Gasteiger partial charge in [-0.3, -0.25) is 33.0 Å². The number of nitrogen functional groups attached to an aromatic ring is 1. The molecule has 1 saturated heterocycles. The van der Waals surface area contributed by atoms with Gasteiger partial charge in [-0.1, -0.05) is 26.7 Å². The van der Waals surface area contributed by atoms with Crippen LogP contribution in [-0.2, 0) is 41.6 Å². The first-order valence-electron chi connectivity index (χ1n) is 14.1. The summed E-state index contributed by atoms with van der Waals surface area (Å²) in [6.07, 6.45) is -3.58. The van der Waals surface area contributed by atoms with Gasteiger partial charge in [0.1, 0.15) is 30.2 Å².